The van der Waals surface area contributed by atoms with Gasteiger partial charge in [0, 0.05) is 16.8 Å². The van der Waals surface area contributed by atoms with Crippen molar-refractivity contribution in [1.29, 1.82) is 0 Å². The highest BCUT2D eigenvalue weighted by molar-refractivity contribution is 5.48. The lowest BCUT2D eigenvalue weighted by Gasteiger charge is -2.40. The van der Waals surface area contributed by atoms with Gasteiger partial charge in [-0.1, -0.05) is 12.1 Å². The molecule has 0 aliphatic rings. The molecule has 2 heteroatoms. The number of rotatable bonds is 3. The number of anilines is 1. The van der Waals surface area contributed by atoms with E-state index in [0.717, 1.165) is 5.69 Å². The van der Waals surface area contributed by atoms with Gasteiger partial charge in [-0.15, -0.1) is 0 Å². The first-order valence-electron chi connectivity index (χ1n) is 5.36. The van der Waals surface area contributed by atoms with Gasteiger partial charge < -0.3 is 11.1 Å². The molecule has 3 N–H and O–H groups in total. The van der Waals surface area contributed by atoms with Crippen LogP contribution in [0.15, 0.2) is 24.3 Å². The van der Waals surface area contributed by atoms with E-state index in [1.165, 1.54) is 5.56 Å². The maximum Gasteiger partial charge on any atom is 0.0491 e. The van der Waals surface area contributed by atoms with Gasteiger partial charge in [-0.3, -0.25) is 0 Å². The van der Waals surface area contributed by atoms with Gasteiger partial charge >= 0.3 is 0 Å². The summed E-state index contributed by atoms with van der Waals surface area (Å²) in [4.78, 5) is 0. The van der Waals surface area contributed by atoms with Crippen LogP contribution < -0.4 is 11.1 Å². The van der Waals surface area contributed by atoms with E-state index in [1.807, 2.05) is 13.8 Å². The Morgan fingerprint density at radius 1 is 1.13 bits per heavy atom. The van der Waals surface area contributed by atoms with Crippen LogP contribution in [0.1, 0.15) is 33.3 Å². The van der Waals surface area contributed by atoms with Gasteiger partial charge in [-0.05, 0) is 52.3 Å². The molecule has 0 fully saturated rings. The number of benzene rings is 1. The molecule has 0 radical (unpaired) electrons. The van der Waals surface area contributed by atoms with Crippen LogP contribution in [0.2, 0.25) is 0 Å². The highest BCUT2D eigenvalue weighted by Crippen LogP contribution is 2.24. The number of aryl methyl sites for hydroxylation is 1. The van der Waals surface area contributed by atoms with E-state index in [0.29, 0.717) is 0 Å². The molecule has 0 saturated carbocycles. The van der Waals surface area contributed by atoms with Gasteiger partial charge in [-0.25, -0.2) is 0 Å². The molecule has 1 rings (SSSR count). The number of hydrogen-bond acceptors (Lipinski definition) is 2. The summed E-state index contributed by atoms with van der Waals surface area (Å²) >= 11 is 0. The number of nitrogens with two attached hydrogens (primary N) is 1. The largest absolute Gasteiger partial charge is 0.378 e. The van der Waals surface area contributed by atoms with E-state index in [2.05, 4.69) is 50.4 Å². The molecule has 0 bridgehead atoms. The summed E-state index contributed by atoms with van der Waals surface area (Å²) in [5.41, 5.74) is 8.11. The molecule has 2 nitrogen and oxygen atoms in total. The molecular weight excluding hydrogens is 184 g/mol. The van der Waals surface area contributed by atoms with Gasteiger partial charge in [0.25, 0.3) is 0 Å². The van der Waals surface area contributed by atoms with Crippen molar-refractivity contribution in [3.63, 3.8) is 0 Å². The SMILES string of the molecule is Cc1cccc(NC(C)(C)C(C)(C)N)c1. The van der Waals surface area contributed by atoms with Gasteiger partial charge in [-0.2, -0.15) is 0 Å². The van der Waals surface area contributed by atoms with Crippen LogP contribution in [0.4, 0.5) is 5.69 Å². The maximum atomic E-state index is 6.14. The zero-order valence-corrected chi connectivity index (χ0v) is 10.4. The molecule has 84 valence electrons. The monoisotopic (exact) mass is 206 g/mol. The van der Waals surface area contributed by atoms with Crippen LogP contribution in [0.25, 0.3) is 0 Å². The number of hydrogen-bond donors (Lipinski definition) is 2. The summed E-state index contributed by atoms with van der Waals surface area (Å²) in [5, 5.41) is 3.47. The fourth-order valence-corrected chi connectivity index (χ4v) is 1.24. The predicted molar refractivity (Wildman–Crippen MR) is 67.1 cm³/mol. The minimum atomic E-state index is -0.267. The molecular formula is C13H22N2. The molecule has 0 aromatic heterocycles. The van der Waals surface area contributed by atoms with Crippen LogP contribution in [-0.4, -0.2) is 11.1 Å². The molecule has 0 spiro atoms. The van der Waals surface area contributed by atoms with Gasteiger partial charge in [0.2, 0.25) is 0 Å². The summed E-state index contributed by atoms with van der Waals surface area (Å²) in [5.74, 6) is 0. The van der Waals surface area contributed by atoms with Gasteiger partial charge in [0.05, 0.1) is 0 Å². The minimum absolute atomic E-state index is 0.138. The van der Waals surface area contributed by atoms with E-state index in [-0.39, 0.29) is 11.1 Å². The third kappa shape index (κ3) is 2.96. The topological polar surface area (TPSA) is 38.0 Å². The van der Waals surface area contributed by atoms with E-state index < -0.39 is 0 Å². The van der Waals surface area contributed by atoms with E-state index in [1.54, 1.807) is 0 Å². The fourth-order valence-electron chi connectivity index (χ4n) is 1.24. The van der Waals surface area contributed by atoms with Crippen molar-refractivity contribution in [3.05, 3.63) is 29.8 Å². The second-order valence-corrected chi connectivity index (χ2v) is 5.34. The lowest BCUT2D eigenvalue weighted by molar-refractivity contribution is 0.337. The molecule has 0 saturated heterocycles. The standard InChI is InChI=1S/C13H22N2/c1-10-7-6-8-11(9-10)15-13(4,5)12(2,3)14/h6-9,15H,14H2,1-5H3. The first kappa shape index (κ1) is 12.1. The van der Waals surface area contributed by atoms with Crippen LogP contribution in [0.5, 0.6) is 0 Å². The van der Waals surface area contributed by atoms with E-state index in [4.69, 9.17) is 5.73 Å². The molecule has 15 heavy (non-hydrogen) atoms. The Balaban J connectivity index is 2.87. The highest BCUT2D eigenvalue weighted by atomic mass is 15.0. The lowest BCUT2D eigenvalue weighted by Crippen LogP contribution is -2.57. The average molecular weight is 206 g/mol. The molecule has 1 aromatic rings. The smallest absolute Gasteiger partial charge is 0.0491 e. The minimum Gasteiger partial charge on any atom is -0.378 e. The Kier molecular flexibility index (Phi) is 3.10. The Bertz CT molecular complexity index is 335. The van der Waals surface area contributed by atoms with Crippen molar-refractivity contribution in [3.8, 4) is 0 Å². The average Bonchev–Trinajstić information content (AvgIpc) is 2.00. The fraction of sp³-hybridized carbons (Fsp3) is 0.538. The van der Waals surface area contributed by atoms with Crippen LogP contribution in [0, 0.1) is 6.92 Å². The normalized spacial score (nSPS) is 12.7. The van der Waals surface area contributed by atoms with Crippen molar-refractivity contribution in [1.82, 2.24) is 0 Å². The van der Waals surface area contributed by atoms with Crippen molar-refractivity contribution in [2.45, 2.75) is 45.7 Å². The molecule has 0 unspecified atom stereocenters. The highest BCUT2D eigenvalue weighted by Gasteiger charge is 2.33. The molecule has 1 aromatic carbocycles. The molecule has 0 aliphatic carbocycles. The van der Waals surface area contributed by atoms with Gasteiger partial charge in [0.1, 0.15) is 0 Å². The van der Waals surface area contributed by atoms with E-state index in [9.17, 15) is 0 Å². The Labute approximate surface area is 92.9 Å². The zero-order valence-electron chi connectivity index (χ0n) is 10.4. The van der Waals surface area contributed by atoms with Crippen molar-refractivity contribution in [2.24, 2.45) is 5.73 Å². The lowest BCUT2D eigenvalue weighted by atomic mass is 9.83. The van der Waals surface area contributed by atoms with Crippen LogP contribution in [-0.2, 0) is 0 Å². The summed E-state index contributed by atoms with van der Waals surface area (Å²) in [6.45, 7) is 10.4. The summed E-state index contributed by atoms with van der Waals surface area (Å²) in [6, 6.07) is 8.34. The molecule has 0 amide bonds. The summed E-state index contributed by atoms with van der Waals surface area (Å²) in [6.07, 6.45) is 0. The van der Waals surface area contributed by atoms with Crippen LogP contribution in [0.3, 0.4) is 0 Å². The number of nitrogens with one attached hydrogen (secondary N) is 1. The van der Waals surface area contributed by atoms with Gasteiger partial charge in [0.15, 0.2) is 0 Å². The summed E-state index contributed by atoms with van der Waals surface area (Å²) in [7, 11) is 0. The Hall–Kier alpha value is -1.02. The van der Waals surface area contributed by atoms with Crippen molar-refractivity contribution in [2.75, 3.05) is 5.32 Å². The van der Waals surface area contributed by atoms with Crippen molar-refractivity contribution >= 4 is 5.69 Å². The van der Waals surface area contributed by atoms with Crippen LogP contribution >= 0.6 is 0 Å². The summed E-state index contributed by atoms with van der Waals surface area (Å²) < 4.78 is 0. The first-order valence-corrected chi connectivity index (χ1v) is 5.36. The third-order valence-electron chi connectivity index (χ3n) is 3.09. The molecule has 0 aliphatic heterocycles. The Morgan fingerprint density at radius 3 is 2.20 bits per heavy atom. The second-order valence-electron chi connectivity index (χ2n) is 5.34. The zero-order chi connectivity index (χ0) is 11.7. The Morgan fingerprint density at radius 2 is 1.73 bits per heavy atom. The quantitative estimate of drug-likeness (QED) is 0.798. The van der Waals surface area contributed by atoms with Crippen molar-refractivity contribution < 1.29 is 0 Å². The second kappa shape index (κ2) is 3.86. The first-order chi connectivity index (χ1) is 6.72. The molecule has 0 heterocycles. The van der Waals surface area contributed by atoms with E-state index >= 15 is 0 Å². The third-order valence-corrected chi connectivity index (χ3v) is 3.09. The predicted octanol–water partition coefficient (Wildman–Crippen LogP) is 2.92. The maximum absolute atomic E-state index is 6.14. The molecule has 0 atom stereocenters.